The first-order valence-electron chi connectivity index (χ1n) is 8.48. The lowest BCUT2D eigenvalue weighted by Gasteiger charge is -2.46. The third-order valence-corrected chi connectivity index (χ3v) is 5.34. The molecule has 0 radical (unpaired) electrons. The van der Waals surface area contributed by atoms with Crippen molar-refractivity contribution in [3.8, 4) is 0 Å². The molecule has 19 heavy (non-hydrogen) atoms. The molecule has 2 nitrogen and oxygen atoms in total. The molecule has 2 heteroatoms. The van der Waals surface area contributed by atoms with Gasteiger partial charge < -0.3 is 10.2 Å². The fourth-order valence-corrected chi connectivity index (χ4v) is 4.11. The lowest BCUT2D eigenvalue weighted by Crippen LogP contribution is -2.46. The molecule has 1 aliphatic heterocycles. The third kappa shape index (κ3) is 4.46. The summed E-state index contributed by atoms with van der Waals surface area (Å²) in [6, 6.07) is 0. The first kappa shape index (κ1) is 15.3. The van der Waals surface area contributed by atoms with Crippen LogP contribution in [0.3, 0.4) is 0 Å². The van der Waals surface area contributed by atoms with Crippen molar-refractivity contribution in [3.63, 3.8) is 0 Å². The van der Waals surface area contributed by atoms with Gasteiger partial charge in [0, 0.05) is 13.1 Å². The van der Waals surface area contributed by atoms with E-state index in [-0.39, 0.29) is 0 Å². The van der Waals surface area contributed by atoms with Crippen LogP contribution in [0.15, 0.2) is 0 Å². The van der Waals surface area contributed by atoms with Gasteiger partial charge in [0.1, 0.15) is 0 Å². The lowest BCUT2D eigenvalue weighted by molar-refractivity contribution is 0.0485. The summed E-state index contributed by atoms with van der Waals surface area (Å²) >= 11 is 0. The van der Waals surface area contributed by atoms with Crippen molar-refractivity contribution in [3.05, 3.63) is 0 Å². The zero-order valence-corrected chi connectivity index (χ0v) is 13.4. The summed E-state index contributed by atoms with van der Waals surface area (Å²) in [6.45, 7) is 13.2. The highest BCUT2D eigenvalue weighted by Gasteiger charge is 2.36. The number of hydrogen-bond acceptors (Lipinski definition) is 2. The minimum absolute atomic E-state index is 0.410. The smallest absolute Gasteiger partial charge is 0.00448 e. The van der Waals surface area contributed by atoms with E-state index in [1.165, 1.54) is 64.6 Å². The number of hydrogen-bond donors (Lipinski definition) is 1. The Bertz CT molecular complexity index is 256. The van der Waals surface area contributed by atoms with Crippen LogP contribution in [0.5, 0.6) is 0 Å². The molecular formula is C17H34N2. The minimum atomic E-state index is 0.410. The number of rotatable bonds is 5. The molecule has 2 aliphatic rings. The molecule has 1 N–H and O–H groups in total. The first-order chi connectivity index (χ1) is 9.05. The van der Waals surface area contributed by atoms with Gasteiger partial charge in [0.25, 0.3) is 0 Å². The van der Waals surface area contributed by atoms with Crippen molar-refractivity contribution < 1.29 is 0 Å². The Morgan fingerprint density at radius 3 is 2.21 bits per heavy atom. The highest BCUT2D eigenvalue weighted by molar-refractivity contribution is 4.89. The second kappa shape index (κ2) is 6.58. The van der Waals surface area contributed by atoms with Gasteiger partial charge >= 0.3 is 0 Å². The van der Waals surface area contributed by atoms with E-state index in [2.05, 4.69) is 31.0 Å². The van der Waals surface area contributed by atoms with E-state index in [0.717, 1.165) is 18.5 Å². The summed E-state index contributed by atoms with van der Waals surface area (Å²) < 4.78 is 0. The Hall–Kier alpha value is -0.0800. The van der Waals surface area contributed by atoms with Gasteiger partial charge in [-0.15, -0.1) is 0 Å². The van der Waals surface area contributed by atoms with Crippen LogP contribution in [0.2, 0.25) is 0 Å². The molecular weight excluding hydrogens is 232 g/mol. The molecule has 0 bridgehead atoms. The average Bonchev–Trinajstić information content (AvgIpc) is 2.40. The zero-order chi connectivity index (χ0) is 13.8. The van der Waals surface area contributed by atoms with Crippen molar-refractivity contribution in [2.75, 3.05) is 32.7 Å². The van der Waals surface area contributed by atoms with Crippen LogP contribution in [0.4, 0.5) is 0 Å². The van der Waals surface area contributed by atoms with Gasteiger partial charge in [0.15, 0.2) is 0 Å². The number of nitrogens with one attached hydrogen (secondary N) is 1. The Morgan fingerprint density at radius 2 is 1.63 bits per heavy atom. The Morgan fingerprint density at radius 1 is 1.00 bits per heavy atom. The second-order valence-corrected chi connectivity index (χ2v) is 7.78. The van der Waals surface area contributed by atoms with E-state index in [4.69, 9.17) is 0 Å². The quantitative estimate of drug-likeness (QED) is 0.817. The molecule has 0 atom stereocenters. The van der Waals surface area contributed by atoms with Gasteiger partial charge in [-0.25, -0.2) is 0 Å². The summed E-state index contributed by atoms with van der Waals surface area (Å²) in [5, 5.41) is 3.51. The molecule has 112 valence electrons. The molecule has 1 spiro atoms. The Labute approximate surface area is 120 Å². The highest BCUT2D eigenvalue weighted by Crippen LogP contribution is 2.44. The van der Waals surface area contributed by atoms with Crippen LogP contribution in [-0.2, 0) is 0 Å². The van der Waals surface area contributed by atoms with Crippen LogP contribution < -0.4 is 5.32 Å². The molecule has 0 unspecified atom stereocenters. The standard InChI is InChI=1S/C17H34N2/c1-4-18-14-16(2,3)15-19-12-10-17(11-13-19)8-6-5-7-9-17/h18H,4-15H2,1-3H3. The summed E-state index contributed by atoms with van der Waals surface area (Å²) in [7, 11) is 0. The van der Waals surface area contributed by atoms with Crippen molar-refractivity contribution >= 4 is 0 Å². The van der Waals surface area contributed by atoms with Crippen LogP contribution in [0.1, 0.15) is 65.7 Å². The maximum absolute atomic E-state index is 3.51. The molecule has 0 aromatic carbocycles. The molecule has 2 rings (SSSR count). The molecule has 0 aromatic heterocycles. The molecule has 1 heterocycles. The van der Waals surface area contributed by atoms with Gasteiger partial charge in [0.05, 0.1) is 0 Å². The van der Waals surface area contributed by atoms with Crippen LogP contribution >= 0.6 is 0 Å². The van der Waals surface area contributed by atoms with E-state index in [1.807, 2.05) is 0 Å². The average molecular weight is 266 g/mol. The fourth-order valence-electron chi connectivity index (χ4n) is 4.11. The molecule has 0 aromatic rings. The molecule has 0 amide bonds. The van der Waals surface area contributed by atoms with Crippen molar-refractivity contribution in [1.82, 2.24) is 10.2 Å². The van der Waals surface area contributed by atoms with E-state index in [0.29, 0.717) is 5.41 Å². The Kier molecular flexibility index (Phi) is 5.30. The summed E-state index contributed by atoms with van der Waals surface area (Å²) in [4.78, 5) is 2.72. The van der Waals surface area contributed by atoms with Gasteiger partial charge in [-0.3, -0.25) is 0 Å². The first-order valence-corrected chi connectivity index (χ1v) is 8.48. The summed E-state index contributed by atoms with van der Waals surface area (Å²) in [6.07, 6.45) is 10.4. The molecule has 1 aliphatic carbocycles. The predicted octanol–water partition coefficient (Wildman–Crippen LogP) is 3.67. The minimum Gasteiger partial charge on any atom is -0.316 e. The van der Waals surface area contributed by atoms with Crippen molar-refractivity contribution in [2.24, 2.45) is 10.8 Å². The maximum Gasteiger partial charge on any atom is 0.00448 e. The van der Waals surface area contributed by atoms with Crippen molar-refractivity contribution in [2.45, 2.75) is 65.7 Å². The lowest BCUT2D eigenvalue weighted by atomic mass is 9.68. The Balaban J connectivity index is 1.76. The number of likely N-dealkylation sites (tertiary alicyclic amines) is 1. The van der Waals surface area contributed by atoms with E-state index in [9.17, 15) is 0 Å². The van der Waals surface area contributed by atoms with Crippen molar-refractivity contribution in [1.29, 1.82) is 0 Å². The van der Waals surface area contributed by atoms with Gasteiger partial charge in [-0.05, 0) is 56.1 Å². The van der Waals surface area contributed by atoms with E-state index in [1.54, 1.807) is 0 Å². The third-order valence-electron chi connectivity index (χ3n) is 5.34. The molecule has 1 saturated carbocycles. The van der Waals surface area contributed by atoms with E-state index < -0.39 is 0 Å². The van der Waals surface area contributed by atoms with Gasteiger partial charge in [-0.1, -0.05) is 40.0 Å². The topological polar surface area (TPSA) is 15.3 Å². The molecule has 1 saturated heterocycles. The molecule has 2 fully saturated rings. The second-order valence-electron chi connectivity index (χ2n) is 7.78. The maximum atomic E-state index is 3.51. The van der Waals surface area contributed by atoms with E-state index >= 15 is 0 Å². The predicted molar refractivity (Wildman–Crippen MR) is 83.5 cm³/mol. The number of nitrogens with zero attached hydrogens (tertiary/aromatic N) is 1. The van der Waals surface area contributed by atoms with Crippen LogP contribution in [-0.4, -0.2) is 37.6 Å². The summed E-state index contributed by atoms with van der Waals surface area (Å²) in [5.74, 6) is 0. The SMILES string of the molecule is CCNCC(C)(C)CN1CCC2(CCCCC2)CC1. The largest absolute Gasteiger partial charge is 0.316 e. The summed E-state index contributed by atoms with van der Waals surface area (Å²) in [5.41, 5.74) is 1.16. The van der Waals surface area contributed by atoms with Gasteiger partial charge in [-0.2, -0.15) is 0 Å². The van der Waals surface area contributed by atoms with Crippen LogP contribution in [0.25, 0.3) is 0 Å². The highest BCUT2D eigenvalue weighted by atomic mass is 15.1. The normalized spacial score (nSPS) is 24.8. The van der Waals surface area contributed by atoms with Crippen LogP contribution in [0, 0.1) is 10.8 Å². The zero-order valence-electron chi connectivity index (χ0n) is 13.4. The number of piperidine rings is 1. The monoisotopic (exact) mass is 266 g/mol. The van der Waals surface area contributed by atoms with Gasteiger partial charge in [0.2, 0.25) is 0 Å². The fraction of sp³-hybridized carbons (Fsp3) is 1.00.